The first kappa shape index (κ1) is 21.2. The molecule has 2 aromatic carbocycles. The zero-order valence-electron chi connectivity index (χ0n) is 14.9. The van der Waals surface area contributed by atoms with Gasteiger partial charge < -0.3 is 18.9 Å². The number of carbonyl (C=O) groups is 1. The second-order valence-corrected chi connectivity index (χ2v) is 5.55. The molecule has 0 saturated heterocycles. The molecule has 150 valence electrons. The molecule has 0 spiro atoms. The summed E-state index contributed by atoms with van der Waals surface area (Å²) in [4.78, 5) is 11.8. The van der Waals surface area contributed by atoms with Gasteiger partial charge in [0.25, 0.3) is 5.91 Å². The molecule has 0 aromatic heterocycles. The van der Waals surface area contributed by atoms with Gasteiger partial charge in [0.15, 0.2) is 29.6 Å². The fraction of sp³-hybridized carbons (Fsp3) is 0.222. The molecule has 0 aliphatic rings. The normalized spacial score (nSPS) is 10.8. The van der Waals surface area contributed by atoms with Crippen molar-refractivity contribution in [3.05, 3.63) is 47.0 Å². The number of hydrogen-bond acceptors (Lipinski definition) is 6. The number of amides is 1. The van der Waals surface area contributed by atoms with Crippen LogP contribution in [0.15, 0.2) is 41.5 Å². The zero-order chi connectivity index (χ0) is 20.5. The minimum absolute atomic E-state index is 0.0000764. The Balaban J connectivity index is 1.96. The molecular formula is C18H17ClF2N2O5. The summed E-state index contributed by atoms with van der Waals surface area (Å²) >= 11 is 5.93. The summed E-state index contributed by atoms with van der Waals surface area (Å²) in [5.41, 5.74) is 2.67. The number of ether oxygens (including phenoxy) is 4. The van der Waals surface area contributed by atoms with Crippen LogP contribution in [0.5, 0.6) is 23.0 Å². The highest BCUT2D eigenvalue weighted by Crippen LogP contribution is 2.37. The number of halogens is 3. The van der Waals surface area contributed by atoms with Gasteiger partial charge in [-0.25, -0.2) is 5.43 Å². The quantitative estimate of drug-likeness (QED) is 0.502. The standard InChI is InChI=1S/C18H17ClF2N2O5/c1-25-13-5-3-4-6-14(13)27-10-16(24)23-22-9-11-7-12(19)17(28-18(20)21)15(8-11)26-2/h3-9,18H,10H2,1-2H3,(H,23,24)/b22-9-. The van der Waals surface area contributed by atoms with Crippen LogP contribution in [0.25, 0.3) is 0 Å². The van der Waals surface area contributed by atoms with Gasteiger partial charge in [0.2, 0.25) is 0 Å². The Morgan fingerprint density at radius 2 is 1.86 bits per heavy atom. The Morgan fingerprint density at radius 3 is 2.50 bits per heavy atom. The summed E-state index contributed by atoms with van der Waals surface area (Å²) in [6, 6.07) is 9.59. The summed E-state index contributed by atoms with van der Waals surface area (Å²) in [5, 5.41) is 3.67. The van der Waals surface area contributed by atoms with Gasteiger partial charge in [-0.1, -0.05) is 23.7 Å². The molecule has 0 aliphatic heterocycles. The van der Waals surface area contributed by atoms with Crippen molar-refractivity contribution in [2.24, 2.45) is 5.10 Å². The highest BCUT2D eigenvalue weighted by molar-refractivity contribution is 6.32. The van der Waals surface area contributed by atoms with Gasteiger partial charge in [0, 0.05) is 0 Å². The molecule has 0 heterocycles. The van der Waals surface area contributed by atoms with E-state index in [1.807, 2.05) is 0 Å². The first-order valence-corrected chi connectivity index (χ1v) is 8.22. The zero-order valence-corrected chi connectivity index (χ0v) is 15.7. The van der Waals surface area contributed by atoms with E-state index < -0.39 is 12.5 Å². The van der Waals surface area contributed by atoms with E-state index in [2.05, 4.69) is 15.3 Å². The van der Waals surface area contributed by atoms with E-state index in [9.17, 15) is 13.6 Å². The van der Waals surface area contributed by atoms with E-state index in [1.165, 1.54) is 32.6 Å². The predicted octanol–water partition coefficient (Wildman–Crippen LogP) is 3.49. The minimum Gasteiger partial charge on any atom is -0.493 e. The fourth-order valence-corrected chi connectivity index (χ4v) is 2.37. The van der Waals surface area contributed by atoms with Crippen LogP contribution in [0, 0.1) is 0 Å². The fourth-order valence-electron chi connectivity index (χ4n) is 2.11. The lowest BCUT2D eigenvalue weighted by Gasteiger charge is -2.12. The highest BCUT2D eigenvalue weighted by Gasteiger charge is 2.15. The van der Waals surface area contributed by atoms with Crippen LogP contribution in [-0.2, 0) is 4.79 Å². The molecule has 2 aromatic rings. The lowest BCUT2D eigenvalue weighted by atomic mass is 10.2. The summed E-state index contributed by atoms with van der Waals surface area (Å²) < 4.78 is 44.6. The molecule has 1 amide bonds. The third-order valence-electron chi connectivity index (χ3n) is 3.29. The lowest BCUT2D eigenvalue weighted by Crippen LogP contribution is -2.24. The Labute approximate surface area is 164 Å². The third kappa shape index (κ3) is 5.98. The van der Waals surface area contributed by atoms with Crippen molar-refractivity contribution in [1.29, 1.82) is 0 Å². The van der Waals surface area contributed by atoms with Crippen LogP contribution in [0.2, 0.25) is 5.02 Å². The number of para-hydroxylation sites is 2. The predicted molar refractivity (Wildman–Crippen MR) is 98.9 cm³/mol. The monoisotopic (exact) mass is 414 g/mol. The van der Waals surface area contributed by atoms with Crippen LogP contribution in [0.1, 0.15) is 5.56 Å². The maximum absolute atomic E-state index is 12.4. The van der Waals surface area contributed by atoms with E-state index in [0.29, 0.717) is 17.1 Å². The lowest BCUT2D eigenvalue weighted by molar-refractivity contribution is -0.123. The maximum Gasteiger partial charge on any atom is 0.387 e. The molecule has 10 heteroatoms. The van der Waals surface area contributed by atoms with E-state index >= 15 is 0 Å². The van der Waals surface area contributed by atoms with Crippen LogP contribution < -0.4 is 24.4 Å². The van der Waals surface area contributed by atoms with Gasteiger partial charge in [0.05, 0.1) is 25.5 Å². The molecule has 0 saturated carbocycles. The van der Waals surface area contributed by atoms with E-state index in [-0.39, 0.29) is 23.1 Å². The number of hydrogen-bond donors (Lipinski definition) is 1. The molecule has 0 unspecified atom stereocenters. The van der Waals surface area contributed by atoms with Crippen molar-refractivity contribution in [2.75, 3.05) is 20.8 Å². The molecule has 1 N–H and O–H groups in total. The van der Waals surface area contributed by atoms with Crippen molar-refractivity contribution in [3.63, 3.8) is 0 Å². The Morgan fingerprint density at radius 1 is 1.18 bits per heavy atom. The van der Waals surface area contributed by atoms with Crippen LogP contribution in [0.4, 0.5) is 8.78 Å². The smallest absolute Gasteiger partial charge is 0.387 e. The molecule has 0 fully saturated rings. The van der Waals surface area contributed by atoms with Crippen molar-refractivity contribution < 1.29 is 32.5 Å². The molecule has 28 heavy (non-hydrogen) atoms. The summed E-state index contributed by atoms with van der Waals surface area (Å²) in [6.45, 7) is -3.34. The second-order valence-electron chi connectivity index (χ2n) is 5.15. The van der Waals surface area contributed by atoms with Crippen LogP contribution in [-0.4, -0.2) is 39.6 Å². The number of alkyl halides is 2. The van der Waals surface area contributed by atoms with E-state index in [1.54, 1.807) is 24.3 Å². The highest BCUT2D eigenvalue weighted by atomic mass is 35.5. The van der Waals surface area contributed by atoms with E-state index in [4.69, 9.17) is 25.8 Å². The number of rotatable bonds is 9. The van der Waals surface area contributed by atoms with Gasteiger partial charge >= 0.3 is 6.61 Å². The van der Waals surface area contributed by atoms with Crippen molar-refractivity contribution in [1.82, 2.24) is 5.43 Å². The Bertz CT molecular complexity index is 849. The number of hydrazone groups is 1. The van der Waals surface area contributed by atoms with Crippen molar-refractivity contribution >= 4 is 23.7 Å². The number of carbonyl (C=O) groups excluding carboxylic acids is 1. The topological polar surface area (TPSA) is 78.4 Å². The molecule has 0 bridgehead atoms. The van der Waals surface area contributed by atoms with Crippen LogP contribution in [0.3, 0.4) is 0 Å². The third-order valence-corrected chi connectivity index (χ3v) is 3.57. The summed E-state index contributed by atoms with van der Waals surface area (Å²) in [5.74, 6) is 0.102. The Kier molecular flexibility index (Phi) is 7.82. The van der Waals surface area contributed by atoms with Crippen molar-refractivity contribution in [3.8, 4) is 23.0 Å². The average Bonchev–Trinajstić information content (AvgIpc) is 2.68. The van der Waals surface area contributed by atoms with Gasteiger partial charge in [0.1, 0.15) is 0 Å². The van der Waals surface area contributed by atoms with Gasteiger partial charge in [-0.2, -0.15) is 13.9 Å². The molecular weight excluding hydrogens is 398 g/mol. The molecule has 0 atom stereocenters. The van der Waals surface area contributed by atoms with Gasteiger partial charge in [-0.3, -0.25) is 4.79 Å². The minimum atomic E-state index is -3.05. The largest absolute Gasteiger partial charge is 0.493 e. The average molecular weight is 415 g/mol. The molecule has 0 radical (unpaired) electrons. The number of nitrogens with zero attached hydrogens (tertiary/aromatic N) is 1. The first-order valence-electron chi connectivity index (χ1n) is 7.84. The first-order chi connectivity index (χ1) is 13.4. The van der Waals surface area contributed by atoms with Gasteiger partial charge in [-0.05, 0) is 29.8 Å². The SMILES string of the molecule is COc1ccccc1OCC(=O)N/N=C\c1cc(Cl)c(OC(F)F)c(OC)c1. The summed E-state index contributed by atoms with van der Waals surface area (Å²) in [6.07, 6.45) is 1.27. The number of methoxy groups -OCH3 is 2. The van der Waals surface area contributed by atoms with Gasteiger partial charge in [-0.15, -0.1) is 0 Å². The Hall–Kier alpha value is -3.07. The maximum atomic E-state index is 12.4. The van der Waals surface area contributed by atoms with Crippen LogP contribution >= 0.6 is 11.6 Å². The number of benzene rings is 2. The molecule has 7 nitrogen and oxygen atoms in total. The molecule has 0 aliphatic carbocycles. The summed E-state index contributed by atoms with van der Waals surface area (Å²) in [7, 11) is 2.77. The van der Waals surface area contributed by atoms with Crippen molar-refractivity contribution in [2.45, 2.75) is 6.61 Å². The number of nitrogens with one attached hydrogen (secondary N) is 1. The van der Waals surface area contributed by atoms with E-state index in [0.717, 1.165) is 0 Å². The second kappa shape index (κ2) is 10.3. The molecule has 2 rings (SSSR count).